The first-order valence-electron chi connectivity index (χ1n) is 13.8. The molecule has 0 radical (unpaired) electrons. The maximum atomic E-state index is 13.1. The van der Waals surface area contributed by atoms with E-state index < -0.39 is 6.17 Å². The van der Waals surface area contributed by atoms with Crippen molar-refractivity contribution in [2.45, 2.75) is 84.6 Å². The van der Waals surface area contributed by atoms with Crippen LogP contribution in [0.4, 0.5) is 10.2 Å². The first kappa shape index (κ1) is 25.7. The largest absolute Gasteiger partial charge is 0.364 e. The topological polar surface area (TPSA) is 54.8 Å². The lowest BCUT2D eigenvalue weighted by Crippen LogP contribution is -2.33. The van der Waals surface area contributed by atoms with Crippen LogP contribution in [0.25, 0.3) is 21.9 Å². The molecule has 196 valence electrons. The highest BCUT2D eigenvalue weighted by molar-refractivity contribution is 6.07. The Morgan fingerprint density at radius 3 is 2.43 bits per heavy atom. The first-order chi connectivity index (χ1) is 17.8. The molecule has 2 aromatic carbocycles. The molecule has 2 heterocycles. The number of nitrogens with zero attached hydrogens (tertiary/aromatic N) is 3. The van der Waals surface area contributed by atoms with Crippen molar-refractivity contribution in [2.24, 2.45) is 5.92 Å². The number of hydrogen-bond acceptors (Lipinski definition) is 4. The zero-order valence-electron chi connectivity index (χ0n) is 22.6. The number of fused-ring (bicyclic) bond motifs is 3. The highest BCUT2D eigenvalue weighted by Crippen LogP contribution is 2.33. The summed E-state index contributed by atoms with van der Waals surface area (Å²) in [5.74, 6) is 2.46. The van der Waals surface area contributed by atoms with Gasteiger partial charge in [0, 0.05) is 30.4 Å². The van der Waals surface area contributed by atoms with E-state index >= 15 is 0 Å². The molecule has 2 aromatic heterocycles. The van der Waals surface area contributed by atoms with Gasteiger partial charge in [0.25, 0.3) is 0 Å². The van der Waals surface area contributed by atoms with E-state index in [9.17, 15) is 4.39 Å². The summed E-state index contributed by atoms with van der Waals surface area (Å²) >= 11 is 0. The molecule has 4 aromatic rings. The molecule has 1 saturated carbocycles. The van der Waals surface area contributed by atoms with Crippen molar-refractivity contribution < 1.29 is 4.39 Å². The van der Waals surface area contributed by atoms with Crippen molar-refractivity contribution >= 4 is 27.8 Å². The number of rotatable bonds is 10. The molecule has 0 spiro atoms. The lowest BCUT2D eigenvalue weighted by Gasteiger charge is -2.29. The highest BCUT2D eigenvalue weighted by atomic mass is 19.1. The van der Waals surface area contributed by atoms with Gasteiger partial charge in [0.2, 0.25) is 0 Å². The number of benzene rings is 2. The van der Waals surface area contributed by atoms with Crippen molar-refractivity contribution in [3.63, 3.8) is 0 Å². The number of nitrogens with one attached hydrogen (secondary N) is 2. The van der Waals surface area contributed by atoms with Crippen LogP contribution in [0.1, 0.15) is 70.3 Å². The highest BCUT2D eigenvalue weighted by Gasteiger charge is 2.28. The standard InChI is InChI=1S/C31H40FN5/c1-5-6-11-27-35-28-29(25-9-7-8-10-26(25)34-30(28)36-31(2,3)4)37(27)20-22-14-12-21(13-15-22)18-33-19-23-16-24(32)17-23/h7-10,12-15,23-24,33H,5-6,11,16-20H2,1-4H3,(H,34,36). The zero-order chi connectivity index (χ0) is 26.0. The van der Waals surface area contributed by atoms with Crippen molar-refractivity contribution in [3.05, 3.63) is 65.5 Å². The van der Waals surface area contributed by atoms with Crippen LogP contribution in [0, 0.1) is 5.92 Å². The van der Waals surface area contributed by atoms with Crippen molar-refractivity contribution in [1.29, 1.82) is 0 Å². The molecule has 1 aliphatic carbocycles. The number of unbranched alkanes of at least 4 members (excludes halogenated alkanes) is 1. The molecule has 0 amide bonds. The molecule has 5 nitrogen and oxygen atoms in total. The Morgan fingerprint density at radius 2 is 1.73 bits per heavy atom. The molecule has 37 heavy (non-hydrogen) atoms. The predicted octanol–water partition coefficient (Wildman–Crippen LogP) is 7.02. The Labute approximate surface area is 219 Å². The average Bonchev–Trinajstić information content (AvgIpc) is 3.20. The number of para-hydroxylation sites is 1. The number of halogens is 1. The van der Waals surface area contributed by atoms with Crippen LogP contribution >= 0.6 is 0 Å². The Balaban J connectivity index is 1.46. The van der Waals surface area contributed by atoms with Crippen LogP contribution in [-0.4, -0.2) is 32.8 Å². The molecule has 0 unspecified atom stereocenters. The number of alkyl halides is 1. The fourth-order valence-corrected chi connectivity index (χ4v) is 5.21. The summed E-state index contributed by atoms with van der Waals surface area (Å²) in [6.07, 6.45) is 4.01. The third-order valence-electron chi connectivity index (χ3n) is 7.21. The van der Waals surface area contributed by atoms with E-state index in [1.54, 1.807) is 0 Å². The maximum Gasteiger partial charge on any atom is 0.155 e. The number of imidazole rings is 1. The number of aromatic nitrogens is 3. The summed E-state index contributed by atoms with van der Waals surface area (Å²) in [5, 5.41) is 8.24. The van der Waals surface area contributed by atoms with Gasteiger partial charge in [-0.1, -0.05) is 55.8 Å². The number of hydrogen-bond donors (Lipinski definition) is 2. The molecule has 2 N–H and O–H groups in total. The molecular weight excluding hydrogens is 461 g/mol. The summed E-state index contributed by atoms with van der Waals surface area (Å²) in [6.45, 7) is 11.2. The predicted molar refractivity (Wildman–Crippen MR) is 152 cm³/mol. The van der Waals surface area contributed by atoms with Crippen LogP contribution in [0.15, 0.2) is 48.5 Å². The minimum absolute atomic E-state index is 0.119. The first-order valence-corrected chi connectivity index (χ1v) is 13.8. The molecule has 0 aliphatic heterocycles. The van der Waals surface area contributed by atoms with E-state index in [-0.39, 0.29) is 5.54 Å². The van der Waals surface area contributed by atoms with Crippen molar-refractivity contribution in [3.8, 4) is 0 Å². The second kappa shape index (κ2) is 10.8. The van der Waals surface area contributed by atoms with E-state index in [1.807, 2.05) is 6.07 Å². The van der Waals surface area contributed by atoms with E-state index in [1.165, 1.54) is 11.1 Å². The summed E-state index contributed by atoms with van der Waals surface area (Å²) in [4.78, 5) is 10.2. The van der Waals surface area contributed by atoms with E-state index in [0.29, 0.717) is 18.8 Å². The van der Waals surface area contributed by atoms with Crippen molar-refractivity contribution in [1.82, 2.24) is 19.9 Å². The lowest BCUT2D eigenvalue weighted by atomic mass is 9.83. The van der Waals surface area contributed by atoms with E-state index in [2.05, 4.69) is 85.4 Å². The SMILES string of the molecule is CCCCc1nc2c(NC(C)(C)C)nc3ccccc3c2n1Cc1ccc(CNCC2CC(F)C2)cc1. The smallest absolute Gasteiger partial charge is 0.155 e. The second-order valence-corrected chi connectivity index (χ2v) is 11.6. The van der Waals surface area contributed by atoms with Crippen LogP contribution in [-0.2, 0) is 19.5 Å². The van der Waals surface area contributed by atoms with Crippen molar-refractivity contribution in [2.75, 3.05) is 11.9 Å². The molecule has 0 atom stereocenters. The molecule has 0 bridgehead atoms. The van der Waals surface area contributed by atoms with Gasteiger partial charge in [0.05, 0.1) is 11.0 Å². The fourth-order valence-electron chi connectivity index (χ4n) is 5.21. The van der Waals surface area contributed by atoms with Crippen LogP contribution in [0.2, 0.25) is 0 Å². The third kappa shape index (κ3) is 5.96. The molecule has 0 saturated heterocycles. The van der Waals surface area contributed by atoms with Gasteiger partial charge in [-0.25, -0.2) is 14.4 Å². The number of anilines is 1. The Hall–Kier alpha value is -2.99. The molecule has 5 rings (SSSR count). The zero-order valence-corrected chi connectivity index (χ0v) is 22.6. The Morgan fingerprint density at radius 1 is 1.00 bits per heavy atom. The maximum absolute atomic E-state index is 13.1. The summed E-state index contributed by atoms with van der Waals surface area (Å²) < 4.78 is 15.5. The number of aryl methyl sites for hydroxylation is 1. The second-order valence-electron chi connectivity index (χ2n) is 11.6. The van der Waals surface area contributed by atoms with Gasteiger partial charge in [-0.2, -0.15) is 0 Å². The lowest BCUT2D eigenvalue weighted by molar-refractivity contribution is 0.129. The molecule has 1 fully saturated rings. The minimum Gasteiger partial charge on any atom is -0.364 e. The van der Waals surface area contributed by atoms with Crippen LogP contribution in [0.5, 0.6) is 0 Å². The van der Waals surface area contributed by atoms with Gasteiger partial charge in [-0.05, 0) is 69.7 Å². The Kier molecular flexibility index (Phi) is 7.47. The number of pyridine rings is 1. The molecule has 6 heteroatoms. The summed E-state index contributed by atoms with van der Waals surface area (Å²) in [5.41, 5.74) is 5.48. The van der Waals surface area contributed by atoms with Gasteiger partial charge in [0.1, 0.15) is 17.5 Å². The average molecular weight is 502 g/mol. The van der Waals surface area contributed by atoms with Gasteiger partial charge in [-0.3, -0.25) is 0 Å². The van der Waals surface area contributed by atoms with Gasteiger partial charge in [0.15, 0.2) is 5.82 Å². The summed E-state index contributed by atoms with van der Waals surface area (Å²) in [7, 11) is 0. The minimum atomic E-state index is -0.583. The van der Waals surface area contributed by atoms with Gasteiger partial charge >= 0.3 is 0 Å². The quantitative estimate of drug-likeness (QED) is 0.245. The van der Waals surface area contributed by atoms with Crippen LogP contribution < -0.4 is 10.6 Å². The Bertz CT molecular complexity index is 1350. The van der Waals surface area contributed by atoms with Crippen LogP contribution in [0.3, 0.4) is 0 Å². The fraction of sp³-hybridized carbons (Fsp3) is 0.484. The monoisotopic (exact) mass is 501 g/mol. The summed E-state index contributed by atoms with van der Waals surface area (Å²) in [6, 6.07) is 17.3. The molecule has 1 aliphatic rings. The molecular formula is C31H40FN5. The normalized spacial score (nSPS) is 17.9. The van der Waals surface area contributed by atoms with E-state index in [4.69, 9.17) is 9.97 Å². The van der Waals surface area contributed by atoms with Gasteiger partial charge < -0.3 is 15.2 Å². The van der Waals surface area contributed by atoms with E-state index in [0.717, 1.165) is 72.5 Å². The van der Waals surface area contributed by atoms with Gasteiger partial charge in [-0.15, -0.1) is 0 Å². The third-order valence-corrected chi connectivity index (χ3v) is 7.21.